The maximum Gasteiger partial charge on any atom is 0.121 e. The van der Waals surface area contributed by atoms with Crippen molar-refractivity contribution in [1.29, 1.82) is 0 Å². The molecule has 1 aliphatic rings. The lowest BCUT2D eigenvalue weighted by molar-refractivity contribution is 0.539. The van der Waals surface area contributed by atoms with Crippen molar-refractivity contribution < 1.29 is 0 Å². The molecule has 104 valence electrons. The molecule has 4 rings (SSSR count). The van der Waals surface area contributed by atoms with Gasteiger partial charge in [-0.3, -0.25) is 0 Å². The molecule has 0 bridgehead atoms. The van der Waals surface area contributed by atoms with E-state index < -0.39 is 0 Å². The number of hydrogen-bond donors (Lipinski definition) is 0. The fourth-order valence-electron chi connectivity index (χ4n) is 3.07. The Morgan fingerprint density at radius 1 is 0.857 bits per heavy atom. The van der Waals surface area contributed by atoms with Crippen LogP contribution in [0.15, 0.2) is 54.6 Å². The summed E-state index contributed by atoms with van der Waals surface area (Å²) in [6.45, 7) is 0.948. The molecule has 0 atom stereocenters. The Morgan fingerprint density at radius 3 is 2.57 bits per heavy atom. The van der Waals surface area contributed by atoms with E-state index in [2.05, 4.69) is 63.5 Å². The summed E-state index contributed by atoms with van der Waals surface area (Å²) in [7, 11) is 0. The summed E-state index contributed by atoms with van der Waals surface area (Å²) in [5, 5.41) is 8.86. The molecule has 2 aromatic carbocycles. The van der Waals surface area contributed by atoms with Crippen molar-refractivity contribution in [2.24, 2.45) is 0 Å². The first-order valence-corrected chi connectivity index (χ1v) is 7.51. The van der Waals surface area contributed by atoms with Crippen molar-refractivity contribution in [3.63, 3.8) is 0 Å². The summed E-state index contributed by atoms with van der Waals surface area (Å²) in [4.78, 5) is 0. The largest absolute Gasteiger partial charge is 0.244 e. The minimum atomic E-state index is 0.948. The number of aromatic nitrogens is 3. The highest BCUT2D eigenvalue weighted by atomic mass is 15.4. The van der Waals surface area contributed by atoms with Crippen LogP contribution in [0.3, 0.4) is 0 Å². The minimum Gasteiger partial charge on any atom is -0.244 e. The molecule has 0 saturated heterocycles. The molecule has 1 aromatic heterocycles. The van der Waals surface area contributed by atoms with Crippen LogP contribution in [0.5, 0.6) is 0 Å². The lowest BCUT2D eigenvalue weighted by Crippen LogP contribution is -2.07. The highest BCUT2D eigenvalue weighted by molar-refractivity contribution is 5.79. The Kier molecular flexibility index (Phi) is 3.03. The molecule has 0 radical (unpaired) electrons. The summed E-state index contributed by atoms with van der Waals surface area (Å²) in [6, 6.07) is 19.0. The van der Waals surface area contributed by atoms with Crippen molar-refractivity contribution in [3.05, 3.63) is 60.2 Å². The van der Waals surface area contributed by atoms with Crippen LogP contribution in [0.2, 0.25) is 0 Å². The van der Waals surface area contributed by atoms with Crippen LogP contribution < -0.4 is 0 Å². The van der Waals surface area contributed by atoms with Gasteiger partial charge < -0.3 is 0 Å². The second-order valence-electron chi connectivity index (χ2n) is 5.49. The summed E-state index contributed by atoms with van der Waals surface area (Å²) >= 11 is 0. The second-order valence-corrected chi connectivity index (χ2v) is 5.49. The van der Waals surface area contributed by atoms with Gasteiger partial charge in [0.05, 0.1) is 5.69 Å². The number of hydrogen-bond acceptors (Lipinski definition) is 2. The molecule has 0 N–H and O–H groups in total. The quantitative estimate of drug-likeness (QED) is 0.673. The van der Waals surface area contributed by atoms with Crippen molar-refractivity contribution in [2.45, 2.75) is 25.8 Å². The molecule has 3 aromatic rings. The van der Waals surface area contributed by atoms with Crippen molar-refractivity contribution in [2.75, 3.05) is 0 Å². The molecule has 0 fully saturated rings. The van der Waals surface area contributed by atoms with Crippen LogP contribution in [0.1, 0.15) is 18.4 Å². The zero-order chi connectivity index (χ0) is 14.1. The third-order valence-electron chi connectivity index (χ3n) is 4.12. The zero-order valence-corrected chi connectivity index (χ0v) is 11.9. The third-order valence-corrected chi connectivity index (χ3v) is 4.12. The summed E-state index contributed by atoms with van der Waals surface area (Å²) in [5.41, 5.74) is 5.97. The van der Waals surface area contributed by atoms with Gasteiger partial charge in [0.1, 0.15) is 5.69 Å². The normalized spacial score (nSPS) is 13.9. The topological polar surface area (TPSA) is 30.7 Å². The number of nitrogens with zero attached hydrogens (tertiary/aromatic N) is 3. The molecule has 0 aliphatic carbocycles. The van der Waals surface area contributed by atoms with E-state index in [1.165, 1.54) is 17.5 Å². The third kappa shape index (κ3) is 2.15. The molecular formula is C18H17N3. The van der Waals surface area contributed by atoms with Gasteiger partial charge in [-0.25, -0.2) is 4.68 Å². The van der Waals surface area contributed by atoms with Gasteiger partial charge in [0.25, 0.3) is 0 Å². The van der Waals surface area contributed by atoms with Gasteiger partial charge in [0.15, 0.2) is 0 Å². The van der Waals surface area contributed by atoms with Crippen LogP contribution >= 0.6 is 0 Å². The highest BCUT2D eigenvalue weighted by Crippen LogP contribution is 2.34. The Hall–Kier alpha value is -2.42. The standard InChI is InChI=1S/C18H17N3/c1-2-10-15(11-3-1)17-18-16-12-5-4-8-14(16)9-6-7-13-21(18)20-19-17/h1-5,8,10-12H,6-7,9,13H2. The maximum atomic E-state index is 4.46. The molecule has 1 aliphatic heterocycles. The van der Waals surface area contributed by atoms with Gasteiger partial charge in [-0.05, 0) is 24.8 Å². The molecule has 0 spiro atoms. The van der Waals surface area contributed by atoms with Crippen LogP contribution in [0.25, 0.3) is 22.5 Å². The van der Waals surface area contributed by atoms with E-state index >= 15 is 0 Å². The minimum absolute atomic E-state index is 0.948. The molecule has 2 heterocycles. The van der Waals surface area contributed by atoms with Crippen LogP contribution in [-0.4, -0.2) is 15.0 Å². The highest BCUT2D eigenvalue weighted by Gasteiger charge is 2.20. The van der Waals surface area contributed by atoms with Crippen molar-refractivity contribution >= 4 is 0 Å². The molecule has 21 heavy (non-hydrogen) atoms. The summed E-state index contributed by atoms with van der Waals surface area (Å²) in [6.07, 6.45) is 3.49. The lowest BCUT2D eigenvalue weighted by atomic mass is 9.95. The average molecular weight is 275 g/mol. The SMILES string of the molecule is c1ccc(-c2nnn3c2-c2ccccc2CCCC3)cc1. The predicted molar refractivity (Wildman–Crippen MR) is 83.8 cm³/mol. The van der Waals surface area contributed by atoms with Gasteiger partial charge >= 0.3 is 0 Å². The van der Waals surface area contributed by atoms with E-state index in [9.17, 15) is 0 Å². The summed E-state index contributed by atoms with van der Waals surface area (Å²) < 4.78 is 2.07. The van der Waals surface area contributed by atoms with Crippen molar-refractivity contribution in [3.8, 4) is 22.5 Å². The number of benzene rings is 2. The number of aryl methyl sites for hydroxylation is 2. The number of rotatable bonds is 1. The van der Waals surface area contributed by atoms with E-state index in [-0.39, 0.29) is 0 Å². The zero-order valence-electron chi connectivity index (χ0n) is 11.9. The monoisotopic (exact) mass is 275 g/mol. The lowest BCUT2D eigenvalue weighted by Gasteiger charge is -2.16. The fraction of sp³-hybridized carbons (Fsp3) is 0.222. The average Bonchev–Trinajstić information content (AvgIpc) is 2.93. The van der Waals surface area contributed by atoms with Gasteiger partial charge in [-0.1, -0.05) is 59.8 Å². The van der Waals surface area contributed by atoms with Crippen LogP contribution in [-0.2, 0) is 13.0 Å². The predicted octanol–water partition coefficient (Wildman–Crippen LogP) is 3.95. The van der Waals surface area contributed by atoms with E-state index in [0.29, 0.717) is 0 Å². The number of fused-ring (bicyclic) bond motifs is 3. The van der Waals surface area contributed by atoms with Crippen LogP contribution in [0, 0.1) is 0 Å². The van der Waals surface area contributed by atoms with Gasteiger partial charge in [-0.2, -0.15) is 0 Å². The van der Waals surface area contributed by atoms with Gasteiger partial charge in [-0.15, -0.1) is 5.10 Å². The molecule has 0 saturated carbocycles. The van der Waals surface area contributed by atoms with E-state index in [1.807, 2.05) is 6.07 Å². The molecule has 3 heteroatoms. The first-order chi connectivity index (χ1) is 10.4. The molecule has 3 nitrogen and oxygen atoms in total. The first kappa shape index (κ1) is 12.3. The maximum absolute atomic E-state index is 4.46. The Morgan fingerprint density at radius 2 is 1.67 bits per heavy atom. The van der Waals surface area contributed by atoms with E-state index in [0.717, 1.165) is 36.3 Å². The Balaban J connectivity index is 1.96. The molecular weight excluding hydrogens is 258 g/mol. The Labute approximate surface area is 124 Å². The molecule has 0 unspecified atom stereocenters. The van der Waals surface area contributed by atoms with Crippen LogP contribution in [0.4, 0.5) is 0 Å². The first-order valence-electron chi connectivity index (χ1n) is 7.51. The second kappa shape index (κ2) is 5.17. The van der Waals surface area contributed by atoms with E-state index in [1.54, 1.807) is 0 Å². The van der Waals surface area contributed by atoms with Crippen molar-refractivity contribution in [1.82, 2.24) is 15.0 Å². The van der Waals surface area contributed by atoms with Gasteiger partial charge in [0.2, 0.25) is 0 Å². The fourth-order valence-corrected chi connectivity index (χ4v) is 3.07. The van der Waals surface area contributed by atoms with E-state index in [4.69, 9.17) is 0 Å². The summed E-state index contributed by atoms with van der Waals surface area (Å²) in [5.74, 6) is 0. The van der Waals surface area contributed by atoms with Gasteiger partial charge in [0, 0.05) is 17.7 Å². The Bertz CT molecular complexity index is 759. The molecule has 0 amide bonds. The smallest absolute Gasteiger partial charge is 0.121 e.